The second kappa shape index (κ2) is 10.2. The Labute approximate surface area is 180 Å². The lowest BCUT2D eigenvalue weighted by atomic mass is 10.2. The molecular weight excluding hydrogens is 426 g/mol. The molecule has 2 heterocycles. The van der Waals surface area contributed by atoms with Gasteiger partial charge in [0, 0.05) is 13.0 Å². The lowest BCUT2D eigenvalue weighted by Crippen LogP contribution is -2.23. The number of carbonyl (C=O) groups excluding carboxylic acids is 1. The summed E-state index contributed by atoms with van der Waals surface area (Å²) in [7, 11) is 0. The van der Waals surface area contributed by atoms with Crippen LogP contribution in [0.15, 0.2) is 42.9 Å². The van der Waals surface area contributed by atoms with Crippen LogP contribution < -0.4 is 0 Å². The molecule has 0 N–H and O–H groups in total. The van der Waals surface area contributed by atoms with E-state index in [1.165, 1.54) is 34.6 Å². The molecule has 168 valence electrons. The van der Waals surface area contributed by atoms with Crippen molar-refractivity contribution in [2.24, 2.45) is 0 Å². The molecule has 3 aromatic rings. The topological polar surface area (TPSA) is 170 Å². The average molecular weight is 445 g/mol. The summed E-state index contributed by atoms with van der Waals surface area (Å²) < 4.78 is 13.4. The monoisotopic (exact) mass is 445 g/mol. The number of hydrogen-bond donors (Lipinski definition) is 0. The largest absolute Gasteiger partial charge is 0.463 e. The number of esters is 1. The van der Waals surface area contributed by atoms with Gasteiger partial charge < -0.3 is 19.6 Å². The van der Waals surface area contributed by atoms with Gasteiger partial charge in [-0.3, -0.25) is 14.9 Å². The molecule has 0 aliphatic carbocycles. The van der Waals surface area contributed by atoms with Crippen LogP contribution in [0.3, 0.4) is 0 Å². The molecule has 0 saturated heterocycles. The van der Waals surface area contributed by atoms with Gasteiger partial charge in [0.25, 0.3) is 5.69 Å². The third kappa shape index (κ3) is 5.69. The van der Waals surface area contributed by atoms with E-state index >= 15 is 0 Å². The maximum absolute atomic E-state index is 11.3. The van der Waals surface area contributed by atoms with E-state index in [1.807, 2.05) is 0 Å². The summed E-state index contributed by atoms with van der Waals surface area (Å²) in [6.45, 7) is 1.24. The number of hydrogen-bond acceptors (Lipinski definition) is 10. The van der Waals surface area contributed by atoms with E-state index in [4.69, 9.17) is 9.47 Å². The summed E-state index contributed by atoms with van der Waals surface area (Å²) in [6.07, 6.45) is 4.30. The fourth-order valence-corrected chi connectivity index (χ4v) is 2.87. The smallest absolute Gasteiger partial charge is 0.434 e. The van der Waals surface area contributed by atoms with Crippen molar-refractivity contribution in [3.8, 4) is 0 Å². The Bertz CT molecular complexity index is 1110. The van der Waals surface area contributed by atoms with Crippen molar-refractivity contribution in [2.45, 2.75) is 26.1 Å². The molecule has 32 heavy (non-hydrogen) atoms. The van der Waals surface area contributed by atoms with Crippen molar-refractivity contribution in [2.75, 3.05) is 13.2 Å². The molecule has 1 aromatic carbocycles. The fourth-order valence-electron chi connectivity index (χ4n) is 2.87. The van der Waals surface area contributed by atoms with E-state index in [-0.39, 0.29) is 38.0 Å². The van der Waals surface area contributed by atoms with E-state index in [0.717, 1.165) is 0 Å². The number of imidazole rings is 1. The van der Waals surface area contributed by atoms with E-state index < -0.39 is 21.9 Å². The molecule has 0 saturated carbocycles. The van der Waals surface area contributed by atoms with Gasteiger partial charge in [-0.15, -0.1) is 5.10 Å². The van der Waals surface area contributed by atoms with Crippen LogP contribution in [-0.4, -0.2) is 53.6 Å². The molecule has 0 fully saturated rings. The SMILES string of the molecule is CC(=O)OCC(COCc1ccccc1[N+](=O)[O-])n1cc(Cn2ccnc2[N+](=O)[O-])nn1. The van der Waals surface area contributed by atoms with E-state index in [9.17, 15) is 25.0 Å². The van der Waals surface area contributed by atoms with Gasteiger partial charge in [0.05, 0.1) is 29.9 Å². The van der Waals surface area contributed by atoms with Gasteiger partial charge in [0.1, 0.15) is 37.3 Å². The third-order valence-electron chi connectivity index (χ3n) is 4.36. The molecule has 0 radical (unpaired) electrons. The zero-order valence-electron chi connectivity index (χ0n) is 16.9. The summed E-state index contributed by atoms with van der Waals surface area (Å²) in [4.78, 5) is 36.0. The summed E-state index contributed by atoms with van der Waals surface area (Å²) in [6, 6.07) is 5.63. The van der Waals surface area contributed by atoms with Crippen molar-refractivity contribution in [3.63, 3.8) is 0 Å². The van der Waals surface area contributed by atoms with Crippen molar-refractivity contribution in [1.82, 2.24) is 24.5 Å². The Balaban J connectivity index is 1.69. The van der Waals surface area contributed by atoms with Gasteiger partial charge in [-0.2, -0.15) is 0 Å². The first-order valence-electron chi connectivity index (χ1n) is 9.34. The van der Waals surface area contributed by atoms with Crippen LogP contribution in [0.25, 0.3) is 0 Å². The standard InChI is InChI=1S/C18H19N7O7/c1-13(26)32-12-16(11-31-10-14-4-2-3-5-17(14)24(27)28)23-9-15(20-21-23)8-22-7-6-19-18(22)25(29)30/h2-7,9,16H,8,10-12H2,1H3. The van der Waals surface area contributed by atoms with Gasteiger partial charge >= 0.3 is 11.9 Å². The molecule has 3 rings (SSSR count). The molecule has 0 aliphatic rings. The fraction of sp³-hybridized carbons (Fsp3) is 0.333. The zero-order chi connectivity index (χ0) is 23.1. The minimum absolute atomic E-state index is 0.0212. The summed E-state index contributed by atoms with van der Waals surface area (Å²) in [5.74, 6) is -0.827. The van der Waals surface area contributed by atoms with Crippen molar-refractivity contribution < 1.29 is 24.1 Å². The Kier molecular flexibility index (Phi) is 7.17. The first kappa shape index (κ1) is 22.5. The molecule has 1 unspecified atom stereocenters. The van der Waals surface area contributed by atoms with E-state index in [0.29, 0.717) is 11.3 Å². The van der Waals surface area contributed by atoms with Crippen LogP contribution in [0.4, 0.5) is 11.6 Å². The highest BCUT2D eigenvalue weighted by Crippen LogP contribution is 2.19. The lowest BCUT2D eigenvalue weighted by molar-refractivity contribution is -0.396. The number of nitro groups is 2. The Morgan fingerprint density at radius 1 is 1.19 bits per heavy atom. The number of para-hydroxylation sites is 1. The number of carbonyl (C=O) groups is 1. The third-order valence-corrected chi connectivity index (χ3v) is 4.36. The second-order valence-electron chi connectivity index (χ2n) is 6.66. The predicted molar refractivity (Wildman–Crippen MR) is 106 cm³/mol. The number of nitro benzene ring substituents is 1. The minimum atomic E-state index is -0.607. The summed E-state index contributed by atoms with van der Waals surface area (Å²) >= 11 is 0. The highest BCUT2D eigenvalue weighted by atomic mass is 16.6. The van der Waals surface area contributed by atoms with Crippen LogP contribution in [0.5, 0.6) is 0 Å². The first-order valence-corrected chi connectivity index (χ1v) is 9.34. The van der Waals surface area contributed by atoms with Crippen molar-refractivity contribution in [3.05, 3.63) is 74.3 Å². The number of benzene rings is 1. The molecule has 0 bridgehead atoms. The molecular formula is C18H19N7O7. The van der Waals surface area contributed by atoms with Crippen LogP contribution in [-0.2, 0) is 27.4 Å². The van der Waals surface area contributed by atoms with Crippen LogP contribution in [0.1, 0.15) is 24.2 Å². The van der Waals surface area contributed by atoms with Crippen LogP contribution in [0, 0.1) is 20.2 Å². The van der Waals surface area contributed by atoms with Gasteiger partial charge in [-0.05, 0) is 11.0 Å². The molecule has 2 aromatic heterocycles. The highest BCUT2D eigenvalue weighted by molar-refractivity contribution is 5.65. The molecule has 0 amide bonds. The van der Waals surface area contributed by atoms with Gasteiger partial charge in [-0.1, -0.05) is 22.3 Å². The van der Waals surface area contributed by atoms with Gasteiger partial charge in [-0.25, -0.2) is 9.25 Å². The average Bonchev–Trinajstić information content (AvgIpc) is 3.40. The number of rotatable bonds is 11. The van der Waals surface area contributed by atoms with Crippen molar-refractivity contribution >= 4 is 17.6 Å². The van der Waals surface area contributed by atoms with E-state index in [1.54, 1.807) is 24.4 Å². The Morgan fingerprint density at radius 3 is 2.69 bits per heavy atom. The van der Waals surface area contributed by atoms with E-state index in [2.05, 4.69) is 15.3 Å². The quantitative estimate of drug-likeness (QED) is 0.240. The Hall–Kier alpha value is -4.20. The minimum Gasteiger partial charge on any atom is -0.463 e. The maximum Gasteiger partial charge on any atom is 0.434 e. The molecule has 0 aliphatic heterocycles. The maximum atomic E-state index is 11.3. The summed E-state index contributed by atoms with van der Waals surface area (Å²) in [5.41, 5.74) is 0.752. The first-order chi connectivity index (χ1) is 15.3. The number of nitrogens with zero attached hydrogens (tertiary/aromatic N) is 7. The molecule has 1 atom stereocenters. The molecule has 14 heteroatoms. The number of ether oxygens (including phenoxy) is 2. The molecule has 0 spiro atoms. The van der Waals surface area contributed by atoms with Crippen molar-refractivity contribution in [1.29, 1.82) is 0 Å². The number of aromatic nitrogens is 5. The predicted octanol–water partition coefficient (Wildman–Crippen LogP) is 1.66. The van der Waals surface area contributed by atoms with Crippen LogP contribution >= 0.6 is 0 Å². The Morgan fingerprint density at radius 2 is 1.97 bits per heavy atom. The lowest BCUT2D eigenvalue weighted by Gasteiger charge is -2.16. The summed E-state index contributed by atoms with van der Waals surface area (Å²) in [5, 5.41) is 30.2. The van der Waals surface area contributed by atoms with Gasteiger partial charge in [0.15, 0.2) is 0 Å². The second-order valence-corrected chi connectivity index (χ2v) is 6.66. The van der Waals surface area contributed by atoms with Gasteiger partial charge in [0.2, 0.25) is 0 Å². The normalized spacial score (nSPS) is 11.8. The zero-order valence-corrected chi connectivity index (χ0v) is 16.9. The molecule has 14 nitrogen and oxygen atoms in total. The highest BCUT2D eigenvalue weighted by Gasteiger charge is 2.20. The van der Waals surface area contributed by atoms with Crippen LogP contribution in [0.2, 0.25) is 0 Å².